The summed E-state index contributed by atoms with van der Waals surface area (Å²) >= 11 is 0. The summed E-state index contributed by atoms with van der Waals surface area (Å²) in [6, 6.07) is 6.10. The van der Waals surface area contributed by atoms with E-state index in [1.807, 2.05) is 0 Å². The second kappa shape index (κ2) is 7.12. The first-order chi connectivity index (χ1) is 16.2. The van der Waals surface area contributed by atoms with E-state index in [9.17, 15) is 18.0 Å². The molecule has 1 amide bonds. The zero-order valence-electron chi connectivity index (χ0n) is 17.4. The highest BCUT2D eigenvalue weighted by Crippen LogP contribution is 2.55. The van der Waals surface area contributed by atoms with Crippen molar-refractivity contribution >= 4 is 22.6 Å². The summed E-state index contributed by atoms with van der Waals surface area (Å²) in [6.07, 6.45) is -0.269. The molecule has 1 unspecified atom stereocenters. The van der Waals surface area contributed by atoms with Gasteiger partial charge >= 0.3 is 6.18 Å². The van der Waals surface area contributed by atoms with Gasteiger partial charge in [0.15, 0.2) is 0 Å². The molecule has 1 saturated heterocycles. The van der Waals surface area contributed by atoms with Gasteiger partial charge in [-0.3, -0.25) is 4.79 Å². The van der Waals surface area contributed by atoms with Crippen molar-refractivity contribution in [3.63, 3.8) is 0 Å². The zero-order valence-corrected chi connectivity index (χ0v) is 17.4. The number of fused-ring (bicyclic) bond motifs is 1. The Morgan fingerprint density at radius 3 is 2.41 bits per heavy atom. The molecule has 1 aliphatic carbocycles. The zero-order chi connectivity index (χ0) is 23.8. The first-order valence-corrected chi connectivity index (χ1v) is 10.6. The van der Waals surface area contributed by atoms with Crippen LogP contribution < -0.4 is 4.90 Å². The minimum atomic E-state index is -4.63. The molecule has 11 heteroatoms. The molecular weight excluding hydrogens is 457 g/mol. The molecule has 0 bridgehead atoms. The van der Waals surface area contributed by atoms with Crippen LogP contribution in [-0.4, -0.2) is 25.7 Å². The number of anilines is 1. The van der Waals surface area contributed by atoms with Crippen molar-refractivity contribution in [3.05, 3.63) is 71.8 Å². The van der Waals surface area contributed by atoms with Crippen LogP contribution in [-0.2, 0) is 11.0 Å². The molecular formula is C23H16F5N5O. The number of aromatic nitrogens is 4. The van der Waals surface area contributed by atoms with E-state index >= 15 is 8.78 Å². The lowest BCUT2D eigenvalue weighted by Crippen LogP contribution is -2.56. The number of nitrogens with one attached hydrogen (secondary N) is 1. The van der Waals surface area contributed by atoms with Gasteiger partial charge < -0.3 is 9.88 Å². The molecule has 2 fully saturated rings. The van der Waals surface area contributed by atoms with Gasteiger partial charge in [-0.25, -0.2) is 18.4 Å². The smallest absolute Gasteiger partial charge is 0.345 e. The van der Waals surface area contributed by atoms with Crippen LogP contribution >= 0.6 is 0 Å². The highest BCUT2D eigenvalue weighted by molar-refractivity contribution is 6.04. The van der Waals surface area contributed by atoms with E-state index in [2.05, 4.69) is 15.1 Å². The molecule has 0 spiro atoms. The Hall–Kier alpha value is -3.76. The van der Waals surface area contributed by atoms with Crippen LogP contribution in [0.5, 0.6) is 0 Å². The summed E-state index contributed by atoms with van der Waals surface area (Å²) in [5.41, 5.74) is 0.325. The van der Waals surface area contributed by atoms with E-state index in [0.29, 0.717) is 23.6 Å². The Labute approximate surface area is 189 Å². The number of aromatic amines is 1. The van der Waals surface area contributed by atoms with Gasteiger partial charge in [-0.1, -0.05) is 0 Å². The average molecular weight is 473 g/mol. The number of hydrogen-bond donors (Lipinski definition) is 1. The molecule has 2 atom stereocenters. The van der Waals surface area contributed by atoms with Crippen molar-refractivity contribution in [2.75, 3.05) is 4.90 Å². The van der Waals surface area contributed by atoms with E-state index in [1.54, 1.807) is 18.2 Å². The van der Waals surface area contributed by atoms with Crippen LogP contribution in [0, 0.1) is 23.5 Å². The number of rotatable bonds is 4. The number of halogens is 5. The lowest BCUT2D eigenvalue weighted by atomic mass is 9.78. The Morgan fingerprint density at radius 1 is 1.03 bits per heavy atom. The third kappa shape index (κ3) is 3.17. The molecule has 6 nitrogen and oxygen atoms in total. The van der Waals surface area contributed by atoms with E-state index < -0.39 is 35.3 Å². The molecule has 6 rings (SSSR count). The standard InChI is InChI=1S/C23H16F5N5O/c24-15-5-14(32-9-12(8-31-32)23(26,27)28)6-16(25)20(15)21-19(11-1-2-11)22(34)33(21)13-3-4-17-18(7-13)30-10-29-17/h3-11,19,21H,1-2H2,(H,29,30)/t19?,21-/m1/s1. The molecule has 2 aromatic carbocycles. The molecule has 3 heterocycles. The molecule has 1 saturated carbocycles. The van der Waals surface area contributed by atoms with Crippen molar-refractivity contribution in [3.8, 4) is 5.69 Å². The molecule has 2 aliphatic rings. The molecule has 34 heavy (non-hydrogen) atoms. The van der Waals surface area contributed by atoms with E-state index in [4.69, 9.17) is 0 Å². The lowest BCUT2D eigenvalue weighted by molar-refractivity contribution is -0.137. The Kier molecular flexibility index (Phi) is 4.36. The predicted octanol–water partition coefficient (Wildman–Crippen LogP) is 5.16. The second-order valence-electron chi connectivity index (χ2n) is 8.61. The summed E-state index contributed by atoms with van der Waals surface area (Å²) in [4.78, 5) is 21.5. The van der Waals surface area contributed by atoms with Gasteiger partial charge in [0, 0.05) is 29.6 Å². The highest BCUT2D eigenvalue weighted by Gasteiger charge is 2.56. The highest BCUT2D eigenvalue weighted by atomic mass is 19.4. The number of imidazole rings is 1. The maximum atomic E-state index is 15.3. The Morgan fingerprint density at radius 2 is 1.76 bits per heavy atom. The summed E-state index contributed by atoms with van der Waals surface area (Å²) in [5.74, 6) is -2.64. The van der Waals surface area contributed by atoms with Crippen molar-refractivity contribution in [2.45, 2.75) is 25.1 Å². The number of nitrogens with zero attached hydrogens (tertiary/aromatic N) is 4. The first kappa shape index (κ1) is 20.8. The normalized spacial score (nSPS) is 20.7. The number of carbonyl (C=O) groups excluding carboxylic acids is 1. The quantitative estimate of drug-likeness (QED) is 0.329. The molecule has 174 valence electrons. The maximum Gasteiger partial charge on any atom is 0.419 e. The third-order valence-electron chi connectivity index (χ3n) is 6.49. The Bertz CT molecular complexity index is 1410. The van der Waals surface area contributed by atoms with Crippen LogP contribution in [0.25, 0.3) is 16.7 Å². The van der Waals surface area contributed by atoms with Gasteiger partial charge in [0.1, 0.15) is 11.6 Å². The summed E-state index contributed by atoms with van der Waals surface area (Å²) in [5, 5.41) is 3.58. The molecule has 2 aromatic heterocycles. The number of β-lactam (4-membered cyclic amide) rings is 1. The SMILES string of the molecule is O=C1C(C2CC2)[C@H](c2c(F)cc(-n3cc(C(F)(F)F)cn3)cc2F)N1c1ccc2[nH]cnc2c1. The van der Waals surface area contributed by atoms with Gasteiger partial charge in [-0.2, -0.15) is 18.3 Å². The van der Waals surface area contributed by atoms with Gasteiger partial charge in [0.25, 0.3) is 0 Å². The number of carbonyl (C=O) groups is 1. The van der Waals surface area contributed by atoms with Gasteiger partial charge in [-0.05, 0) is 37.0 Å². The van der Waals surface area contributed by atoms with E-state index in [0.717, 1.165) is 35.2 Å². The molecule has 1 N–H and O–H groups in total. The number of amides is 1. The molecule has 1 aliphatic heterocycles. The van der Waals surface area contributed by atoms with Crippen LogP contribution in [0.1, 0.15) is 30.0 Å². The van der Waals surface area contributed by atoms with Gasteiger partial charge in [0.05, 0.1) is 46.8 Å². The monoisotopic (exact) mass is 473 g/mol. The maximum absolute atomic E-state index is 15.3. The topological polar surface area (TPSA) is 66.8 Å². The molecule has 0 radical (unpaired) electrons. The van der Waals surface area contributed by atoms with E-state index in [1.165, 1.54) is 11.2 Å². The van der Waals surface area contributed by atoms with Crippen LogP contribution in [0.15, 0.2) is 49.1 Å². The average Bonchev–Trinajstić information content (AvgIpc) is 3.26. The number of alkyl halides is 3. The molecule has 4 aromatic rings. The fraction of sp³-hybridized carbons (Fsp3) is 0.261. The summed E-state index contributed by atoms with van der Waals surface area (Å²) < 4.78 is 70.1. The van der Waals surface area contributed by atoms with Crippen molar-refractivity contribution in [2.24, 2.45) is 11.8 Å². The fourth-order valence-electron chi connectivity index (χ4n) is 4.69. The number of H-pyrrole nitrogens is 1. The van der Waals surface area contributed by atoms with E-state index in [-0.39, 0.29) is 23.1 Å². The lowest BCUT2D eigenvalue weighted by Gasteiger charge is -2.48. The largest absolute Gasteiger partial charge is 0.419 e. The third-order valence-corrected chi connectivity index (χ3v) is 6.49. The van der Waals surface area contributed by atoms with Crippen molar-refractivity contribution in [1.82, 2.24) is 19.7 Å². The fourth-order valence-corrected chi connectivity index (χ4v) is 4.69. The first-order valence-electron chi connectivity index (χ1n) is 10.6. The minimum Gasteiger partial charge on any atom is -0.345 e. The van der Waals surface area contributed by atoms with Crippen molar-refractivity contribution in [1.29, 1.82) is 0 Å². The van der Waals surface area contributed by atoms with Crippen LogP contribution in [0.4, 0.5) is 27.6 Å². The summed E-state index contributed by atoms with van der Waals surface area (Å²) in [7, 11) is 0. The summed E-state index contributed by atoms with van der Waals surface area (Å²) in [6.45, 7) is 0. The predicted molar refractivity (Wildman–Crippen MR) is 111 cm³/mol. The van der Waals surface area contributed by atoms with Gasteiger partial charge in [-0.15, -0.1) is 0 Å². The number of hydrogen-bond acceptors (Lipinski definition) is 3. The minimum absolute atomic E-state index is 0.0433. The Balaban J connectivity index is 1.41. The van der Waals surface area contributed by atoms with Crippen molar-refractivity contribution < 1.29 is 26.7 Å². The van der Waals surface area contributed by atoms with Gasteiger partial charge in [0.2, 0.25) is 5.91 Å². The van der Waals surface area contributed by atoms with Crippen LogP contribution in [0.3, 0.4) is 0 Å². The van der Waals surface area contributed by atoms with Crippen LogP contribution in [0.2, 0.25) is 0 Å². The number of benzene rings is 2. The second-order valence-corrected chi connectivity index (χ2v) is 8.61.